The van der Waals surface area contributed by atoms with Gasteiger partial charge in [-0.15, -0.1) is 0 Å². The lowest BCUT2D eigenvalue weighted by Crippen LogP contribution is -2.20. The molecule has 0 bridgehead atoms. The van der Waals surface area contributed by atoms with Crippen LogP contribution in [0.5, 0.6) is 0 Å². The lowest BCUT2D eigenvalue weighted by molar-refractivity contribution is -0.137. The van der Waals surface area contributed by atoms with Gasteiger partial charge < -0.3 is 4.57 Å². The molecule has 2 aromatic heterocycles. The van der Waals surface area contributed by atoms with Crippen LogP contribution in [0.4, 0.5) is 13.2 Å². The molecular weight excluding hydrogens is 467 g/mol. The van der Waals surface area contributed by atoms with Crippen LogP contribution in [0.1, 0.15) is 16.8 Å². The molecule has 3 aromatic carbocycles. The predicted octanol–water partition coefficient (Wildman–Crippen LogP) is 5.75. The van der Waals surface area contributed by atoms with Crippen LogP contribution < -0.4 is 5.56 Å². The van der Waals surface area contributed by atoms with Crippen molar-refractivity contribution >= 4 is 28.0 Å². The maximum absolute atomic E-state index is 13.4. The molecule has 0 atom stereocenters. The lowest BCUT2D eigenvalue weighted by atomic mass is 10.1. The van der Waals surface area contributed by atoms with E-state index in [-0.39, 0.29) is 23.3 Å². The number of hydrogen-bond donors (Lipinski definition) is 0. The minimum atomic E-state index is -4.55. The van der Waals surface area contributed by atoms with Crippen molar-refractivity contribution in [2.24, 2.45) is 5.10 Å². The van der Waals surface area contributed by atoms with Crippen LogP contribution >= 0.6 is 0 Å². The van der Waals surface area contributed by atoms with Crippen LogP contribution in [0.3, 0.4) is 0 Å². The summed E-state index contributed by atoms with van der Waals surface area (Å²) in [7, 11) is 0. The molecule has 178 valence electrons. The van der Waals surface area contributed by atoms with Crippen molar-refractivity contribution in [3.63, 3.8) is 0 Å². The zero-order chi connectivity index (χ0) is 25.4. The van der Waals surface area contributed by atoms with E-state index in [1.165, 1.54) is 18.3 Å². The number of aromatic nitrogens is 3. The summed E-state index contributed by atoms with van der Waals surface area (Å²) in [5.74, 6) is -0.0144. The van der Waals surface area contributed by atoms with Gasteiger partial charge in [0, 0.05) is 27.7 Å². The van der Waals surface area contributed by atoms with Gasteiger partial charge in [0.05, 0.1) is 28.8 Å². The summed E-state index contributed by atoms with van der Waals surface area (Å²) in [6, 6.07) is 20.9. The molecular formula is C27H18F3N5O. The molecule has 2 heterocycles. The molecule has 9 heteroatoms. The van der Waals surface area contributed by atoms with Crippen molar-refractivity contribution in [2.75, 3.05) is 0 Å². The van der Waals surface area contributed by atoms with E-state index in [4.69, 9.17) is 0 Å². The normalized spacial score (nSPS) is 12.0. The quantitative estimate of drug-likeness (QED) is 0.304. The van der Waals surface area contributed by atoms with Crippen molar-refractivity contribution < 1.29 is 13.2 Å². The van der Waals surface area contributed by atoms with E-state index in [2.05, 4.69) is 16.2 Å². The minimum absolute atomic E-state index is 0.0144. The highest BCUT2D eigenvalue weighted by Gasteiger charge is 2.31. The summed E-state index contributed by atoms with van der Waals surface area (Å²) in [6.07, 6.45) is -3.07. The maximum atomic E-state index is 13.4. The van der Waals surface area contributed by atoms with E-state index in [1.807, 2.05) is 35.8 Å². The Balaban J connectivity index is 1.75. The summed E-state index contributed by atoms with van der Waals surface area (Å²) in [6.45, 7) is 1.97. The highest BCUT2D eigenvalue weighted by Crippen LogP contribution is 2.32. The SMILES string of the molecule is Cc1c(C=Nn2c(-c3cccc(C(F)(F)F)c3)nc3ccccc3c2=O)c2ccccc2n1CC#N. The van der Waals surface area contributed by atoms with Gasteiger partial charge in [0.1, 0.15) is 6.54 Å². The summed E-state index contributed by atoms with van der Waals surface area (Å²) in [4.78, 5) is 17.9. The number of para-hydroxylation sites is 2. The first-order valence-electron chi connectivity index (χ1n) is 11.0. The van der Waals surface area contributed by atoms with Crippen molar-refractivity contribution in [3.8, 4) is 17.5 Å². The van der Waals surface area contributed by atoms with Crippen LogP contribution in [0.2, 0.25) is 0 Å². The number of nitrogens with zero attached hydrogens (tertiary/aromatic N) is 5. The molecule has 0 saturated carbocycles. The molecule has 0 aliphatic carbocycles. The number of nitriles is 1. The number of alkyl halides is 3. The fourth-order valence-corrected chi connectivity index (χ4v) is 4.26. The topological polar surface area (TPSA) is 76.0 Å². The Morgan fingerprint density at radius 1 is 1.03 bits per heavy atom. The summed E-state index contributed by atoms with van der Waals surface area (Å²) in [5, 5.41) is 14.8. The number of benzene rings is 3. The Morgan fingerprint density at radius 2 is 1.75 bits per heavy atom. The molecule has 0 saturated heterocycles. The third-order valence-corrected chi connectivity index (χ3v) is 6.01. The smallest absolute Gasteiger partial charge is 0.330 e. The molecule has 0 amide bonds. The van der Waals surface area contributed by atoms with Crippen LogP contribution in [-0.4, -0.2) is 20.4 Å². The van der Waals surface area contributed by atoms with Crippen LogP contribution in [0.15, 0.2) is 82.7 Å². The molecule has 0 radical (unpaired) electrons. The molecule has 36 heavy (non-hydrogen) atoms. The maximum Gasteiger partial charge on any atom is 0.416 e. The molecule has 0 aliphatic rings. The molecule has 0 spiro atoms. The van der Waals surface area contributed by atoms with Gasteiger partial charge in [-0.05, 0) is 37.3 Å². The summed E-state index contributed by atoms with van der Waals surface area (Å²) >= 11 is 0. The second-order valence-corrected chi connectivity index (χ2v) is 8.15. The standard InChI is InChI=1S/C27H18F3N5O/c1-17-22(20-9-3-5-12-24(20)34(17)14-13-31)16-32-35-25(18-7-6-8-19(15-18)27(28,29)30)33-23-11-4-2-10-21(23)26(35)36/h2-12,15-16H,14H2,1H3. The zero-order valence-corrected chi connectivity index (χ0v) is 19.0. The Bertz CT molecular complexity index is 1760. The van der Waals surface area contributed by atoms with Gasteiger partial charge in [0.25, 0.3) is 5.56 Å². The zero-order valence-electron chi connectivity index (χ0n) is 19.0. The molecule has 5 aromatic rings. The predicted molar refractivity (Wildman–Crippen MR) is 132 cm³/mol. The van der Waals surface area contributed by atoms with Crippen LogP contribution in [0.25, 0.3) is 33.2 Å². The number of rotatable bonds is 4. The van der Waals surface area contributed by atoms with Crippen LogP contribution in [0, 0.1) is 18.3 Å². The number of fused-ring (bicyclic) bond motifs is 2. The fraction of sp³-hybridized carbons (Fsp3) is 0.111. The molecule has 6 nitrogen and oxygen atoms in total. The van der Waals surface area contributed by atoms with E-state index < -0.39 is 17.3 Å². The third kappa shape index (κ3) is 3.92. The lowest BCUT2D eigenvalue weighted by Gasteiger charge is -2.12. The Kier molecular flexibility index (Phi) is 5.65. The second-order valence-electron chi connectivity index (χ2n) is 8.15. The number of hydrogen-bond acceptors (Lipinski definition) is 4. The molecule has 5 rings (SSSR count). The first-order valence-corrected chi connectivity index (χ1v) is 11.0. The Labute approximate surface area is 203 Å². The summed E-state index contributed by atoms with van der Waals surface area (Å²) < 4.78 is 43.1. The first-order chi connectivity index (χ1) is 17.3. The molecule has 0 aliphatic heterocycles. The average molecular weight is 485 g/mol. The van der Waals surface area contributed by atoms with Gasteiger partial charge in [-0.1, -0.05) is 42.5 Å². The largest absolute Gasteiger partial charge is 0.416 e. The monoisotopic (exact) mass is 485 g/mol. The van der Waals surface area contributed by atoms with Gasteiger partial charge in [-0.3, -0.25) is 4.79 Å². The van der Waals surface area contributed by atoms with E-state index >= 15 is 0 Å². The van der Waals surface area contributed by atoms with Gasteiger partial charge in [-0.25, -0.2) is 4.98 Å². The van der Waals surface area contributed by atoms with Crippen LogP contribution in [-0.2, 0) is 12.7 Å². The Morgan fingerprint density at radius 3 is 2.50 bits per heavy atom. The highest BCUT2D eigenvalue weighted by atomic mass is 19.4. The Hall–Kier alpha value is -4.71. The van der Waals surface area contributed by atoms with Gasteiger partial charge >= 0.3 is 6.18 Å². The first kappa shape index (κ1) is 23.1. The van der Waals surface area contributed by atoms with E-state index in [0.717, 1.165) is 33.4 Å². The molecule has 0 N–H and O–H groups in total. The van der Waals surface area contributed by atoms with Gasteiger partial charge in [0.15, 0.2) is 5.82 Å². The van der Waals surface area contributed by atoms with Crippen molar-refractivity contribution in [1.82, 2.24) is 14.2 Å². The van der Waals surface area contributed by atoms with Crippen molar-refractivity contribution in [1.29, 1.82) is 5.26 Å². The molecule has 0 fully saturated rings. The average Bonchev–Trinajstić information content (AvgIpc) is 3.14. The van der Waals surface area contributed by atoms with E-state index in [0.29, 0.717) is 11.1 Å². The minimum Gasteiger partial charge on any atom is -0.330 e. The van der Waals surface area contributed by atoms with Crippen molar-refractivity contribution in [2.45, 2.75) is 19.6 Å². The van der Waals surface area contributed by atoms with E-state index in [9.17, 15) is 23.2 Å². The third-order valence-electron chi connectivity index (χ3n) is 6.01. The summed E-state index contributed by atoms with van der Waals surface area (Å²) in [5.41, 5.74) is 1.38. The van der Waals surface area contributed by atoms with Gasteiger partial charge in [0.2, 0.25) is 0 Å². The van der Waals surface area contributed by atoms with E-state index in [1.54, 1.807) is 24.3 Å². The second kappa shape index (κ2) is 8.82. The number of halogens is 3. The highest BCUT2D eigenvalue weighted by molar-refractivity contribution is 6.01. The van der Waals surface area contributed by atoms with Gasteiger partial charge in [-0.2, -0.15) is 28.2 Å². The molecule has 0 unspecified atom stereocenters. The fourth-order valence-electron chi connectivity index (χ4n) is 4.26. The van der Waals surface area contributed by atoms with Crippen molar-refractivity contribution in [3.05, 3.63) is 100.0 Å².